The van der Waals surface area contributed by atoms with E-state index in [1.165, 1.54) is 0 Å². The van der Waals surface area contributed by atoms with Gasteiger partial charge in [-0.3, -0.25) is 0 Å². The highest BCUT2D eigenvalue weighted by atomic mass is 16.3. The second-order valence-electron chi connectivity index (χ2n) is 17.0. The Bertz CT molecular complexity index is 3220. The lowest BCUT2D eigenvalue weighted by atomic mass is 9.79. The van der Waals surface area contributed by atoms with Crippen LogP contribution in [0.2, 0.25) is 0 Å². The highest BCUT2D eigenvalue weighted by Gasteiger charge is 2.28. The summed E-state index contributed by atoms with van der Waals surface area (Å²) in [4.78, 5) is 0. The zero-order chi connectivity index (χ0) is 47.1. The van der Waals surface area contributed by atoms with Gasteiger partial charge in [0, 0.05) is 28.9 Å². The van der Waals surface area contributed by atoms with Crippen molar-refractivity contribution < 1.29 is 30.6 Å². The van der Waals surface area contributed by atoms with Crippen LogP contribution in [0.25, 0.3) is 44.5 Å². The molecule has 9 rings (SSSR count). The molecule has 0 heterocycles. The van der Waals surface area contributed by atoms with Crippen molar-refractivity contribution in [3.8, 4) is 80.2 Å². The van der Waals surface area contributed by atoms with Gasteiger partial charge in [-0.25, -0.2) is 0 Å². The molecule has 332 valence electrons. The van der Waals surface area contributed by atoms with Crippen LogP contribution in [0.1, 0.15) is 51.6 Å². The number of hydrogen-bond acceptors (Lipinski definition) is 6. The van der Waals surface area contributed by atoms with Crippen molar-refractivity contribution >= 4 is 11.1 Å². The molecule has 0 radical (unpaired) electrons. The predicted molar refractivity (Wildman–Crippen MR) is 273 cm³/mol. The molecular weight excluding hydrogens is 841 g/mol. The van der Waals surface area contributed by atoms with Crippen LogP contribution in [0.4, 0.5) is 0 Å². The molecular formula is C62H48O6. The van der Waals surface area contributed by atoms with Gasteiger partial charge in [0.15, 0.2) is 0 Å². The van der Waals surface area contributed by atoms with Crippen LogP contribution in [0, 0.1) is 18.3 Å². The maximum absolute atomic E-state index is 11.5. The Hall–Kier alpha value is -8.92. The third kappa shape index (κ3) is 9.84. The molecule has 68 heavy (non-hydrogen) atoms. The van der Waals surface area contributed by atoms with Gasteiger partial charge in [-0.15, -0.1) is 6.42 Å². The topological polar surface area (TPSA) is 121 Å². The van der Waals surface area contributed by atoms with E-state index >= 15 is 0 Å². The van der Waals surface area contributed by atoms with Crippen LogP contribution in [0.5, 0.6) is 34.5 Å². The van der Waals surface area contributed by atoms with Crippen molar-refractivity contribution in [2.45, 2.75) is 18.3 Å². The molecule has 0 aromatic heterocycles. The Morgan fingerprint density at radius 1 is 0.485 bits per heavy atom. The maximum Gasteiger partial charge on any atom is 0.119 e. The number of hydrogen-bond donors (Lipinski definition) is 6. The van der Waals surface area contributed by atoms with Crippen molar-refractivity contribution in [3.05, 3.63) is 252 Å². The molecule has 1 aliphatic rings. The lowest BCUT2D eigenvalue weighted by Crippen LogP contribution is -2.10. The van der Waals surface area contributed by atoms with E-state index in [4.69, 9.17) is 6.42 Å². The van der Waals surface area contributed by atoms with Crippen molar-refractivity contribution in [2.75, 3.05) is 0 Å². The Labute approximate surface area is 396 Å². The summed E-state index contributed by atoms with van der Waals surface area (Å²) < 4.78 is 0. The van der Waals surface area contributed by atoms with Crippen molar-refractivity contribution in [1.82, 2.24) is 0 Å². The summed E-state index contributed by atoms with van der Waals surface area (Å²) in [6, 6.07) is 56.2. The van der Waals surface area contributed by atoms with E-state index < -0.39 is 0 Å². The highest BCUT2D eigenvalue weighted by Crippen LogP contribution is 2.45. The second-order valence-corrected chi connectivity index (χ2v) is 17.0. The minimum Gasteiger partial charge on any atom is -0.508 e. The van der Waals surface area contributed by atoms with Crippen molar-refractivity contribution in [3.63, 3.8) is 0 Å². The molecule has 0 saturated heterocycles. The van der Waals surface area contributed by atoms with E-state index in [0.717, 1.165) is 77.9 Å². The molecule has 1 aliphatic carbocycles. The first-order chi connectivity index (χ1) is 33.1. The number of rotatable bonds is 13. The smallest absolute Gasteiger partial charge is 0.119 e. The third-order valence-corrected chi connectivity index (χ3v) is 12.7. The van der Waals surface area contributed by atoms with Crippen molar-refractivity contribution in [1.29, 1.82) is 0 Å². The SMILES string of the molecule is C#C/C=C\C(=C/CC(c1ccc(-c2ccc(C(c3cc(-c4ccc(O)cc4)ccc3O)C3C=CC(c4ccc(O)cc4)=C3)cc2)cc1)c1cc(-c2ccc(O)cc2)ccc1O)c1ccc(O)cc1. The molecule has 0 spiro atoms. The van der Waals surface area contributed by atoms with Crippen LogP contribution in [-0.2, 0) is 0 Å². The quantitative estimate of drug-likeness (QED) is 0.0507. The Morgan fingerprint density at radius 3 is 1.44 bits per heavy atom. The van der Waals surface area contributed by atoms with Crippen LogP contribution in [0.3, 0.4) is 0 Å². The Morgan fingerprint density at radius 2 is 0.912 bits per heavy atom. The van der Waals surface area contributed by atoms with Gasteiger partial charge in [-0.05, 0) is 158 Å². The zero-order valence-electron chi connectivity index (χ0n) is 37.0. The fourth-order valence-electron chi connectivity index (χ4n) is 9.05. The first-order valence-corrected chi connectivity index (χ1v) is 22.4. The Kier molecular flexibility index (Phi) is 12.8. The van der Waals surface area contributed by atoms with Crippen LogP contribution < -0.4 is 0 Å². The summed E-state index contributed by atoms with van der Waals surface area (Å²) in [5.74, 6) is 3.02. The number of benzene rings is 8. The fourth-order valence-corrected chi connectivity index (χ4v) is 9.05. The summed E-state index contributed by atoms with van der Waals surface area (Å²) >= 11 is 0. The van der Waals surface area contributed by atoms with E-state index in [-0.39, 0.29) is 52.3 Å². The van der Waals surface area contributed by atoms with E-state index in [1.54, 1.807) is 66.7 Å². The highest BCUT2D eigenvalue weighted by molar-refractivity contribution is 5.79. The third-order valence-electron chi connectivity index (χ3n) is 12.7. The number of phenolic OH excluding ortho intramolecular Hbond substituents is 6. The molecule has 3 atom stereocenters. The summed E-state index contributed by atoms with van der Waals surface area (Å²) in [6.45, 7) is 0. The molecule has 6 N–H and O–H groups in total. The van der Waals surface area contributed by atoms with E-state index in [0.29, 0.717) is 6.42 Å². The van der Waals surface area contributed by atoms with Gasteiger partial charge in [-0.1, -0.05) is 139 Å². The van der Waals surface area contributed by atoms with Crippen LogP contribution in [-0.4, -0.2) is 30.6 Å². The number of terminal acetylenes is 1. The molecule has 6 heteroatoms. The molecule has 0 bridgehead atoms. The standard InChI is InChI=1S/C62H48O6/c1-2-3-4-40(43-15-26-53(63)27-16-43)23-34-57(58-38-50(24-35-60(58)67)45-19-30-55(65)31-20-45)47-9-5-41(6-10-47)42-7-11-48(12-8-42)62(52-14-13-49(37-52)44-17-28-54(64)29-18-44)59-39-51(25-36-61(59)68)46-21-32-56(66)33-22-46/h1,3-33,35-39,52,57,62-68H,34H2/b4-3-,40-23+. The van der Waals surface area contributed by atoms with Gasteiger partial charge < -0.3 is 30.6 Å². The molecule has 0 aliphatic heterocycles. The van der Waals surface area contributed by atoms with Gasteiger partial charge in [0.25, 0.3) is 0 Å². The maximum atomic E-state index is 11.5. The summed E-state index contributed by atoms with van der Waals surface area (Å²) in [7, 11) is 0. The molecule has 8 aromatic carbocycles. The van der Waals surface area contributed by atoms with Gasteiger partial charge in [-0.2, -0.15) is 0 Å². The molecule has 0 saturated carbocycles. The minimum absolute atomic E-state index is 0.100. The lowest BCUT2D eigenvalue weighted by Gasteiger charge is -2.24. The van der Waals surface area contributed by atoms with E-state index in [2.05, 4.69) is 78.8 Å². The molecule has 8 aromatic rings. The fraction of sp³-hybridized carbons (Fsp3) is 0.0645. The van der Waals surface area contributed by atoms with Crippen LogP contribution in [0.15, 0.2) is 218 Å². The molecule has 0 amide bonds. The average Bonchev–Trinajstić information content (AvgIpc) is 3.85. The van der Waals surface area contributed by atoms with E-state index in [9.17, 15) is 30.6 Å². The summed E-state index contributed by atoms with van der Waals surface area (Å²) in [5.41, 5.74) is 12.9. The number of allylic oxidation sites excluding steroid dienone is 8. The first-order valence-electron chi connectivity index (χ1n) is 22.4. The molecule has 3 unspecified atom stereocenters. The number of phenols is 6. The summed E-state index contributed by atoms with van der Waals surface area (Å²) in [5, 5.41) is 62.9. The van der Waals surface area contributed by atoms with Gasteiger partial charge in [0.2, 0.25) is 0 Å². The largest absolute Gasteiger partial charge is 0.508 e. The number of aromatic hydroxyl groups is 6. The van der Waals surface area contributed by atoms with Gasteiger partial charge in [0.1, 0.15) is 34.5 Å². The second kappa shape index (κ2) is 19.7. The predicted octanol–water partition coefficient (Wildman–Crippen LogP) is 14.1. The van der Waals surface area contributed by atoms with Crippen molar-refractivity contribution in [2.24, 2.45) is 5.92 Å². The Balaban J connectivity index is 1.07. The van der Waals surface area contributed by atoms with Crippen LogP contribution >= 0.6 is 0 Å². The summed E-state index contributed by atoms with van der Waals surface area (Å²) in [6.07, 6.45) is 18.2. The molecule has 6 nitrogen and oxygen atoms in total. The van der Waals surface area contributed by atoms with E-state index in [1.807, 2.05) is 78.9 Å². The lowest BCUT2D eigenvalue weighted by molar-refractivity contribution is 0.461. The minimum atomic E-state index is -0.278. The normalized spacial score (nSPS) is 14.4. The zero-order valence-corrected chi connectivity index (χ0v) is 37.0. The van der Waals surface area contributed by atoms with Gasteiger partial charge in [0.05, 0.1) is 0 Å². The first kappa shape index (κ1) is 44.3. The van der Waals surface area contributed by atoms with Gasteiger partial charge >= 0.3 is 0 Å². The monoisotopic (exact) mass is 888 g/mol. The molecule has 0 fully saturated rings. The average molecular weight is 889 g/mol.